The minimum atomic E-state index is 0.163. The molecule has 1 atom stereocenters. The van der Waals surface area contributed by atoms with Gasteiger partial charge < -0.3 is 4.90 Å². The second-order valence-corrected chi connectivity index (χ2v) is 6.04. The molecule has 2 heterocycles. The first kappa shape index (κ1) is 14.8. The van der Waals surface area contributed by atoms with Gasteiger partial charge in [0.2, 0.25) is 5.91 Å². The number of likely N-dealkylation sites (tertiary alicyclic amines) is 1. The number of carbonyl (C=O) groups excluding carboxylic acids is 1. The number of amides is 1. The van der Waals surface area contributed by atoms with Crippen LogP contribution in [0, 0.1) is 6.92 Å². The Hall–Kier alpha value is -2.17. The molecular weight excluding hydrogens is 276 g/mol. The second kappa shape index (κ2) is 6.30. The predicted octanol–water partition coefficient (Wildman–Crippen LogP) is 2.42. The number of carbonyl (C=O) groups is 1. The van der Waals surface area contributed by atoms with Gasteiger partial charge in [-0.3, -0.25) is 9.48 Å². The molecule has 5 heteroatoms. The van der Waals surface area contributed by atoms with Crippen molar-refractivity contribution in [1.29, 1.82) is 0 Å². The highest BCUT2D eigenvalue weighted by atomic mass is 16.2. The highest BCUT2D eigenvalue weighted by molar-refractivity contribution is 5.79. The van der Waals surface area contributed by atoms with Crippen molar-refractivity contribution in [2.75, 3.05) is 6.54 Å². The first-order chi connectivity index (χ1) is 10.6. The summed E-state index contributed by atoms with van der Waals surface area (Å²) >= 11 is 0. The molecule has 0 radical (unpaired) electrons. The van der Waals surface area contributed by atoms with Crippen molar-refractivity contribution in [2.45, 2.75) is 38.6 Å². The molecule has 1 fully saturated rings. The molecule has 116 valence electrons. The molecule has 2 aromatic rings. The summed E-state index contributed by atoms with van der Waals surface area (Å²) in [4.78, 5) is 14.8. The molecule has 1 saturated heterocycles. The molecule has 5 nitrogen and oxygen atoms in total. The van der Waals surface area contributed by atoms with Gasteiger partial charge in [0.1, 0.15) is 0 Å². The SMILES string of the molecule is Cc1ccc(C2CCCCN2C(=O)Cc2cnnn2C)cc1. The van der Waals surface area contributed by atoms with Crippen LogP contribution in [0.15, 0.2) is 30.5 Å². The van der Waals surface area contributed by atoms with Crippen molar-refractivity contribution >= 4 is 5.91 Å². The van der Waals surface area contributed by atoms with Gasteiger partial charge in [-0.25, -0.2) is 0 Å². The van der Waals surface area contributed by atoms with E-state index in [0.29, 0.717) is 6.42 Å². The van der Waals surface area contributed by atoms with E-state index < -0.39 is 0 Å². The Morgan fingerprint density at radius 1 is 1.27 bits per heavy atom. The van der Waals surface area contributed by atoms with Crippen molar-refractivity contribution in [3.05, 3.63) is 47.3 Å². The minimum absolute atomic E-state index is 0.163. The van der Waals surface area contributed by atoms with Crippen LogP contribution in [0.3, 0.4) is 0 Å². The van der Waals surface area contributed by atoms with Gasteiger partial charge in [0.25, 0.3) is 0 Å². The van der Waals surface area contributed by atoms with E-state index in [-0.39, 0.29) is 11.9 Å². The zero-order chi connectivity index (χ0) is 15.5. The lowest BCUT2D eigenvalue weighted by atomic mass is 9.94. The maximum atomic E-state index is 12.7. The summed E-state index contributed by atoms with van der Waals surface area (Å²) < 4.78 is 1.67. The molecule has 3 rings (SSSR count). The van der Waals surface area contributed by atoms with Crippen LogP contribution >= 0.6 is 0 Å². The predicted molar refractivity (Wildman–Crippen MR) is 84.2 cm³/mol. The summed E-state index contributed by atoms with van der Waals surface area (Å²) in [5.74, 6) is 0.163. The molecule has 1 amide bonds. The van der Waals surface area contributed by atoms with Gasteiger partial charge in [0, 0.05) is 13.6 Å². The van der Waals surface area contributed by atoms with E-state index in [2.05, 4.69) is 41.5 Å². The van der Waals surface area contributed by atoms with Crippen LogP contribution in [-0.4, -0.2) is 32.3 Å². The molecule has 0 spiro atoms. The van der Waals surface area contributed by atoms with Gasteiger partial charge >= 0.3 is 0 Å². The zero-order valence-corrected chi connectivity index (χ0v) is 13.2. The molecule has 1 aliphatic heterocycles. The lowest BCUT2D eigenvalue weighted by Gasteiger charge is -2.36. The Bertz CT molecular complexity index is 647. The lowest BCUT2D eigenvalue weighted by molar-refractivity contribution is -0.134. The van der Waals surface area contributed by atoms with E-state index >= 15 is 0 Å². The number of nitrogens with zero attached hydrogens (tertiary/aromatic N) is 4. The van der Waals surface area contributed by atoms with Gasteiger partial charge in [0.05, 0.1) is 24.4 Å². The Morgan fingerprint density at radius 3 is 2.73 bits per heavy atom. The van der Waals surface area contributed by atoms with Gasteiger partial charge in [-0.2, -0.15) is 0 Å². The van der Waals surface area contributed by atoms with E-state index in [1.165, 1.54) is 17.5 Å². The molecule has 22 heavy (non-hydrogen) atoms. The highest BCUT2D eigenvalue weighted by Gasteiger charge is 2.28. The minimum Gasteiger partial charge on any atom is -0.335 e. The first-order valence-electron chi connectivity index (χ1n) is 7.85. The van der Waals surface area contributed by atoms with Crippen molar-refractivity contribution < 1.29 is 4.79 Å². The van der Waals surface area contributed by atoms with Crippen molar-refractivity contribution in [2.24, 2.45) is 7.05 Å². The average molecular weight is 298 g/mol. The third-order valence-corrected chi connectivity index (χ3v) is 4.43. The monoisotopic (exact) mass is 298 g/mol. The fourth-order valence-electron chi connectivity index (χ4n) is 3.09. The summed E-state index contributed by atoms with van der Waals surface area (Å²) in [5, 5.41) is 7.75. The molecule has 1 unspecified atom stereocenters. The standard InChI is InChI=1S/C17H22N4O/c1-13-6-8-14(9-7-13)16-5-3-4-10-21(16)17(22)11-15-12-18-19-20(15)2/h6-9,12,16H,3-5,10-11H2,1-2H3. The molecule has 1 aromatic heterocycles. The molecule has 1 aliphatic rings. The number of benzene rings is 1. The van der Waals surface area contributed by atoms with Crippen LogP contribution < -0.4 is 0 Å². The number of hydrogen-bond donors (Lipinski definition) is 0. The summed E-state index contributed by atoms with van der Waals surface area (Å²) in [6.07, 6.45) is 5.33. The highest BCUT2D eigenvalue weighted by Crippen LogP contribution is 2.31. The van der Waals surface area contributed by atoms with E-state index in [1.54, 1.807) is 10.9 Å². The van der Waals surface area contributed by atoms with E-state index in [1.807, 2.05) is 11.9 Å². The first-order valence-corrected chi connectivity index (χ1v) is 7.85. The molecule has 0 N–H and O–H groups in total. The van der Waals surface area contributed by atoms with Crippen LogP contribution in [0.2, 0.25) is 0 Å². The van der Waals surface area contributed by atoms with Gasteiger partial charge in [-0.15, -0.1) is 5.10 Å². The maximum Gasteiger partial charge on any atom is 0.229 e. The molecular formula is C17H22N4O. The van der Waals surface area contributed by atoms with Gasteiger partial charge in [-0.05, 0) is 31.7 Å². The van der Waals surface area contributed by atoms with E-state index in [0.717, 1.165) is 25.1 Å². The average Bonchev–Trinajstić information content (AvgIpc) is 2.93. The molecule has 0 aliphatic carbocycles. The van der Waals surface area contributed by atoms with Crippen LogP contribution in [0.5, 0.6) is 0 Å². The Balaban J connectivity index is 1.78. The number of piperidine rings is 1. The summed E-state index contributed by atoms with van der Waals surface area (Å²) in [6, 6.07) is 8.74. The quantitative estimate of drug-likeness (QED) is 0.874. The molecule has 1 aromatic carbocycles. The summed E-state index contributed by atoms with van der Waals surface area (Å²) in [7, 11) is 1.82. The number of rotatable bonds is 3. The van der Waals surface area contributed by atoms with Crippen LogP contribution in [0.25, 0.3) is 0 Å². The van der Waals surface area contributed by atoms with Crippen molar-refractivity contribution in [1.82, 2.24) is 19.9 Å². The fourth-order valence-corrected chi connectivity index (χ4v) is 3.09. The fraction of sp³-hybridized carbons (Fsp3) is 0.471. The van der Waals surface area contributed by atoms with E-state index in [9.17, 15) is 4.79 Å². The largest absolute Gasteiger partial charge is 0.335 e. The Kier molecular flexibility index (Phi) is 4.22. The number of aromatic nitrogens is 3. The van der Waals surface area contributed by atoms with E-state index in [4.69, 9.17) is 0 Å². The zero-order valence-electron chi connectivity index (χ0n) is 13.2. The Morgan fingerprint density at radius 2 is 2.05 bits per heavy atom. The van der Waals surface area contributed by atoms with Crippen LogP contribution in [0.4, 0.5) is 0 Å². The van der Waals surface area contributed by atoms with Crippen LogP contribution in [0.1, 0.15) is 42.1 Å². The molecule has 0 saturated carbocycles. The summed E-state index contributed by atoms with van der Waals surface area (Å²) in [5.41, 5.74) is 3.35. The van der Waals surface area contributed by atoms with Gasteiger partial charge in [0.15, 0.2) is 0 Å². The summed E-state index contributed by atoms with van der Waals surface area (Å²) in [6.45, 7) is 2.92. The van der Waals surface area contributed by atoms with Gasteiger partial charge in [-0.1, -0.05) is 35.0 Å². The topological polar surface area (TPSA) is 51.0 Å². The second-order valence-electron chi connectivity index (χ2n) is 6.04. The number of hydrogen-bond acceptors (Lipinski definition) is 3. The third kappa shape index (κ3) is 3.03. The Labute approximate surface area is 130 Å². The third-order valence-electron chi connectivity index (χ3n) is 4.43. The van der Waals surface area contributed by atoms with Crippen molar-refractivity contribution in [3.8, 4) is 0 Å². The molecule has 0 bridgehead atoms. The van der Waals surface area contributed by atoms with Crippen LogP contribution in [-0.2, 0) is 18.3 Å². The smallest absolute Gasteiger partial charge is 0.229 e. The maximum absolute atomic E-state index is 12.7. The normalized spacial score (nSPS) is 18.5. The van der Waals surface area contributed by atoms with Crippen molar-refractivity contribution in [3.63, 3.8) is 0 Å². The number of aryl methyl sites for hydroxylation is 2. The lowest BCUT2D eigenvalue weighted by Crippen LogP contribution is -2.39.